The second-order valence-electron chi connectivity index (χ2n) is 3.16. The number of aryl methyl sites for hydroxylation is 2. The van der Waals surface area contributed by atoms with Crippen LogP contribution in [-0.4, -0.2) is 11.9 Å². The molecule has 0 atom stereocenters. The first-order chi connectivity index (χ1) is 6.99. The average molecular weight is 225 g/mol. The van der Waals surface area contributed by atoms with Gasteiger partial charge in [0.15, 0.2) is 5.96 Å². The molecule has 0 aliphatic rings. The Morgan fingerprint density at radius 2 is 2.00 bits per heavy atom. The zero-order chi connectivity index (χ0) is 11.4. The molecule has 5 nitrogen and oxygen atoms in total. The summed E-state index contributed by atoms with van der Waals surface area (Å²) in [6.45, 7) is 4.66. The molecule has 0 aliphatic carbocycles. The summed E-state index contributed by atoms with van der Waals surface area (Å²) >= 11 is 1.70. The first kappa shape index (κ1) is 11.5. The Labute approximate surface area is 92.7 Å². The number of guanidine groups is 2. The van der Waals surface area contributed by atoms with Gasteiger partial charge in [-0.05, 0) is 25.5 Å². The van der Waals surface area contributed by atoms with E-state index < -0.39 is 0 Å². The van der Waals surface area contributed by atoms with E-state index >= 15 is 0 Å². The lowest BCUT2D eigenvalue weighted by atomic mass is 10.3. The Morgan fingerprint density at radius 3 is 2.47 bits per heavy atom. The molecular weight excluding hydrogens is 210 g/mol. The number of aliphatic imine (C=N–C) groups is 2. The lowest BCUT2D eigenvalue weighted by Crippen LogP contribution is -2.26. The Hall–Kier alpha value is -1.56. The van der Waals surface area contributed by atoms with Gasteiger partial charge in [0.25, 0.3) is 0 Å². The number of hydrogen-bond donors (Lipinski definition) is 3. The topological polar surface area (TPSA) is 103 Å². The lowest BCUT2D eigenvalue weighted by Gasteiger charge is -1.93. The van der Waals surface area contributed by atoms with Crippen LogP contribution in [0, 0.1) is 13.8 Å². The van der Waals surface area contributed by atoms with Gasteiger partial charge in [-0.3, -0.25) is 0 Å². The second-order valence-corrected chi connectivity index (χ2v) is 4.50. The minimum Gasteiger partial charge on any atom is -0.370 e. The third-order valence-electron chi connectivity index (χ3n) is 1.86. The summed E-state index contributed by atoms with van der Waals surface area (Å²) in [4.78, 5) is 10.1. The van der Waals surface area contributed by atoms with Crippen molar-refractivity contribution in [3.8, 4) is 0 Å². The molecule has 1 aromatic rings. The average Bonchev–Trinajstić information content (AvgIpc) is 2.42. The molecule has 0 aliphatic heterocycles. The van der Waals surface area contributed by atoms with Gasteiger partial charge in [0.1, 0.15) is 0 Å². The molecule has 0 bridgehead atoms. The first-order valence-electron chi connectivity index (χ1n) is 4.44. The molecule has 0 radical (unpaired) electrons. The maximum absolute atomic E-state index is 5.47. The number of rotatable bonds is 2. The molecule has 0 saturated carbocycles. The highest BCUT2D eigenvalue weighted by atomic mass is 32.1. The number of thiophene rings is 1. The second kappa shape index (κ2) is 4.79. The molecular formula is C9H15N5S. The Kier molecular flexibility index (Phi) is 3.68. The van der Waals surface area contributed by atoms with Crippen LogP contribution in [0.5, 0.6) is 0 Å². The summed E-state index contributed by atoms with van der Waals surface area (Å²) < 4.78 is 0. The molecule has 0 fully saturated rings. The van der Waals surface area contributed by atoms with Crippen LogP contribution < -0.4 is 17.2 Å². The van der Waals surface area contributed by atoms with Crippen LogP contribution in [0.4, 0.5) is 0 Å². The molecule has 0 amide bonds. The van der Waals surface area contributed by atoms with Gasteiger partial charge in [-0.25, -0.2) is 4.99 Å². The molecule has 15 heavy (non-hydrogen) atoms. The van der Waals surface area contributed by atoms with Gasteiger partial charge in [0.05, 0.1) is 6.54 Å². The van der Waals surface area contributed by atoms with Gasteiger partial charge in [0.2, 0.25) is 5.96 Å². The van der Waals surface area contributed by atoms with Crippen molar-refractivity contribution in [2.75, 3.05) is 0 Å². The highest BCUT2D eigenvalue weighted by Crippen LogP contribution is 2.21. The summed E-state index contributed by atoms with van der Waals surface area (Å²) in [6, 6.07) is 2.09. The first-order valence-corrected chi connectivity index (χ1v) is 5.26. The predicted molar refractivity (Wildman–Crippen MR) is 64.9 cm³/mol. The van der Waals surface area contributed by atoms with Gasteiger partial charge in [-0.1, -0.05) is 0 Å². The van der Waals surface area contributed by atoms with E-state index in [1.165, 1.54) is 10.4 Å². The van der Waals surface area contributed by atoms with Crippen LogP contribution in [0.15, 0.2) is 16.1 Å². The highest BCUT2D eigenvalue weighted by molar-refractivity contribution is 7.12. The normalized spacial score (nSPS) is 11.5. The molecule has 0 spiro atoms. The van der Waals surface area contributed by atoms with Crippen molar-refractivity contribution >= 4 is 23.3 Å². The molecule has 1 aromatic heterocycles. The van der Waals surface area contributed by atoms with Crippen molar-refractivity contribution in [2.24, 2.45) is 27.2 Å². The van der Waals surface area contributed by atoms with Gasteiger partial charge < -0.3 is 17.2 Å². The fourth-order valence-electron chi connectivity index (χ4n) is 1.05. The molecule has 82 valence electrons. The van der Waals surface area contributed by atoms with Gasteiger partial charge in [-0.15, -0.1) is 11.3 Å². The van der Waals surface area contributed by atoms with Crippen LogP contribution in [0.2, 0.25) is 0 Å². The van der Waals surface area contributed by atoms with Crippen LogP contribution >= 0.6 is 11.3 Å². The zero-order valence-electron chi connectivity index (χ0n) is 8.82. The summed E-state index contributed by atoms with van der Waals surface area (Å²) in [5, 5.41) is 0. The standard InChI is InChI=1S/C9H15N5S/c1-5-3-7(15-6(5)2)4-13-9(12)14-8(10)11/h3H,4H2,1-2H3,(H6,10,11,12,13,14). The predicted octanol–water partition coefficient (Wildman–Crippen LogP) is 0.453. The van der Waals surface area contributed by atoms with E-state index in [2.05, 4.69) is 29.9 Å². The zero-order valence-corrected chi connectivity index (χ0v) is 9.64. The smallest absolute Gasteiger partial charge is 0.218 e. The molecule has 6 heteroatoms. The van der Waals surface area contributed by atoms with Crippen molar-refractivity contribution in [1.82, 2.24) is 0 Å². The molecule has 1 rings (SSSR count). The monoisotopic (exact) mass is 225 g/mol. The van der Waals surface area contributed by atoms with Gasteiger partial charge in [-0.2, -0.15) is 4.99 Å². The van der Waals surface area contributed by atoms with Crippen LogP contribution in [-0.2, 0) is 6.54 Å². The molecule has 1 heterocycles. The van der Waals surface area contributed by atoms with Crippen LogP contribution in [0.25, 0.3) is 0 Å². The number of hydrogen-bond acceptors (Lipinski definition) is 2. The lowest BCUT2D eigenvalue weighted by molar-refractivity contribution is 1.08. The third-order valence-corrected chi connectivity index (χ3v) is 2.99. The summed E-state index contributed by atoms with van der Waals surface area (Å²) in [5.74, 6) is 0.0356. The molecule has 0 saturated heterocycles. The van der Waals surface area contributed by atoms with Gasteiger partial charge >= 0.3 is 0 Å². The summed E-state index contributed by atoms with van der Waals surface area (Å²) in [5.41, 5.74) is 17.1. The number of nitrogens with zero attached hydrogens (tertiary/aromatic N) is 2. The van der Waals surface area contributed by atoms with E-state index in [4.69, 9.17) is 17.2 Å². The fraction of sp³-hybridized carbons (Fsp3) is 0.333. The largest absolute Gasteiger partial charge is 0.370 e. The minimum atomic E-state index is -0.0743. The van der Waals surface area contributed by atoms with Crippen molar-refractivity contribution in [3.05, 3.63) is 21.4 Å². The van der Waals surface area contributed by atoms with E-state index in [-0.39, 0.29) is 11.9 Å². The van der Waals surface area contributed by atoms with Crippen molar-refractivity contribution in [3.63, 3.8) is 0 Å². The Morgan fingerprint density at radius 1 is 1.33 bits per heavy atom. The Balaban J connectivity index is 2.68. The number of nitrogens with two attached hydrogens (primary N) is 3. The van der Waals surface area contributed by atoms with Gasteiger partial charge in [0, 0.05) is 9.75 Å². The molecule has 0 unspecified atom stereocenters. The fourth-order valence-corrected chi connectivity index (χ4v) is 2.03. The third kappa shape index (κ3) is 3.59. The van der Waals surface area contributed by atoms with E-state index in [9.17, 15) is 0 Å². The minimum absolute atomic E-state index is 0.0743. The summed E-state index contributed by atoms with van der Waals surface area (Å²) in [6.07, 6.45) is 0. The van der Waals surface area contributed by atoms with E-state index in [1.807, 2.05) is 0 Å². The summed E-state index contributed by atoms with van der Waals surface area (Å²) in [7, 11) is 0. The van der Waals surface area contributed by atoms with Crippen molar-refractivity contribution in [1.29, 1.82) is 0 Å². The SMILES string of the molecule is Cc1cc(CN=C(N)N=C(N)N)sc1C. The maximum atomic E-state index is 5.47. The van der Waals surface area contributed by atoms with E-state index in [1.54, 1.807) is 11.3 Å². The van der Waals surface area contributed by atoms with Crippen molar-refractivity contribution < 1.29 is 0 Å². The van der Waals surface area contributed by atoms with E-state index in [0.29, 0.717) is 6.54 Å². The van der Waals surface area contributed by atoms with Crippen molar-refractivity contribution in [2.45, 2.75) is 20.4 Å². The maximum Gasteiger partial charge on any atom is 0.218 e. The molecule has 6 N–H and O–H groups in total. The van der Waals surface area contributed by atoms with Crippen LogP contribution in [0.3, 0.4) is 0 Å². The van der Waals surface area contributed by atoms with Crippen LogP contribution in [0.1, 0.15) is 15.3 Å². The highest BCUT2D eigenvalue weighted by Gasteiger charge is 2.00. The Bertz CT molecular complexity index is 381. The molecule has 0 aromatic carbocycles. The quantitative estimate of drug-likeness (QED) is 0.503. The van der Waals surface area contributed by atoms with E-state index in [0.717, 1.165) is 4.88 Å².